The van der Waals surface area contributed by atoms with Crippen molar-refractivity contribution in [1.29, 1.82) is 0 Å². The number of benzene rings is 2. The van der Waals surface area contributed by atoms with Crippen LogP contribution in [0.1, 0.15) is 11.1 Å². The highest BCUT2D eigenvalue weighted by Gasteiger charge is 2.19. The summed E-state index contributed by atoms with van der Waals surface area (Å²) < 4.78 is 13.1. The van der Waals surface area contributed by atoms with Crippen molar-refractivity contribution in [2.75, 3.05) is 52.2 Å². The third-order valence-corrected chi connectivity index (χ3v) is 4.92. The summed E-state index contributed by atoms with van der Waals surface area (Å²) in [6.45, 7) is 5.25. The molecule has 0 amide bonds. The summed E-state index contributed by atoms with van der Waals surface area (Å²) in [5.41, 5.74) is 3.64. The molecule has 0 aliphatic carbocycles. The summed E-state index contributed by atoms with van der Waals surface area (Å²) in [5.74, 6) is 0.735. The van der Waals surface area contributed by atoms with Crippen LogP contribution in [0.2, 0.25) is 0 Å². The molecule has 0 spiro atoms. The van der Waals surface area contributed by atoms with Gasteiger partial charge in [0.1, 0.15) is 5.82 Å². The standard InChI is InChI=1S/C22H30FN5.HI/c1-24-22(25-16-18-5-4-6-19(15-18)17-26(2)3)28-13-11-27(12-14-28)21-9-7-20(23)8-10-21;/h4-10,15H,11-14,16-17H2,1-3H3,(H,24,25);1H. The molecule has 1 saturated heterocycles. The average molecular weight is 511 g/mol. The molecule has 1 heterocycles. The normalized spacial score (nSPS) is 14.7. The number of nitrogens with one attached hydrogen (secondary N) is 1. The molecule has 0 bridgehead atoms. The Hall–Kier alpha value is -1.87. The number of hydrogen-bond donors (Lipinski definition) is 1. The smallest absolute Gasteiger partial charge is 0.194 e. The van der Waals surface area contributed by atoms with Crippen LogP contribution in [0.25, 0.3) is 0 Å². The molecule has 0 saturated carbocycles. The van der Waals surface area contributed by atoms with Gasteiger partial charge in [-0.3, -0.25) is 4.99 Å². The second-order valence-corrected chi connectivity index (χ2v) is 7.41. The molecule has 3 rings (SSSR count). The van der Waals surface area contributed by atoms with Gasteiger partial charge in [-0.1, -0.05) is 24.3 Å². The van der Waals surface area contributed by atoms with Crippen molar-refractivity contribution in [3.8, 4) is 0 Å². The minimum absolute atomic E-state index is 0. The largest absolute Gasteiger partial charge is 0.368 e. The fraction of sp³-hybridized carbons (Fsp3) is 0.409. The zero-order valence-electron chi connectivity index (χ0n) is 17.4. The molecule has 158 valence electrons. The maximum absolute atomic E-state index is 13.1. The van der Waals surface area contributed by atoms with E-state index in [0.717, 1.165) is 50.9 Å². The molecule has 2 aromatic carbocycles. The van der Waals surface area contributed by atoms with Gasteiger partial charge in [-0.2, -0.15) is 0 Å². The third-order valence-electron chi connectivity index (χ3n) is 4.92. The Morgan fingerprint density at radius 3 is 2.31 bits per heavy atom. The zero-order chi connectivity index (χ0) is 19.9. The van der Waals surface area contributed by atoms with E-state index in [2.05, 4.69) is 63.4 Å². The molecule has 1 N–H and O–H groups in total. The lowest BCUT2D eigenvalue weighted by atomic mass is 10.1. The van der Waals surface area contributed by atoms with Crippen LogP contribution >= 0.6 is 24.0 Å². The van der Waals surface area contributed by atoms with Crippen LogP contribution in [-0.2, 0) is 13.1 Å². The Morgan fingerprint density at radius 2 is 1.69 bits per heavy atom. The highest BCUT2D eigenvalue weighted by Crippen LogP contribution is 2.17. The number of guanidine groups is 1. The lowest BCUT2D eigenvalue weighted by Crippen LogP contribution is -2.52. The number of anilines is 1. The second kappa shape index (κ2) is 11.3. The predicted molar refractivity (Wildman–Crippen MR) is 130 cm³/mol. The van der Waals surface area contributed by atoms with Gasteiger partial charge in [0.2, 0.25) is 0 Å². The summed E-state index contributed by atoms with van der Waals surface area (Å²) in [5, 5.41) is 3.49. The maximum atomic E-state index is 13.1. The van der Waals surface area contributed by atoms with E-state index in [0.29, 0.717) is 0 Å². The summed E-state index contributed by atoms with van der Waals surface area (Å²) in [7, 11) is 5.99. The van der Waals surface area contributed by atoms with Crippen LogP contribution in [0.3, 0.4) is 0 Å². The number of piperazine rings is 1. The van der Waals surface area contributed by atoms with Gasteiger partial charge in [-0.05, 0) is 49.5 Å². The van der Waals surface area contributed by atoms with Gasteiger partial charge in [-0.25, -0.2) is 4.39 Å². The van der Waals surface area contributed by atoms with Crippen LogP contribution < -0.4 is 10.2 Å². The van der Waals surface area contributed by atoms with Gasteiger partial charge < -0.3 is 20.0 Å². The van der Waals surface area contributed by atoms with Gasteiger partial charge in [0, 0.05) is 52.0 Å². The lowest BCUT2D eigenvalue weighted by Gasteiger charge is -2.37. The first kappa shape index (κ1) is 23.4. The zero-order valence-corrected chi connectivity index (χ0v) is 19.8. The molecular formula is C22H31FIN5. The van der Waals surface area contributed by atoms with Crippen molar-refractivity contribution in [3.63, 3.8) is 0 Å². The average Bonchev–Trinajstić information content (AvgIpc) is 2.69. The summed E-state index contributed by atoms with van der Waals surface area (Å²) >= 11 is 0. The molecule has 0 aromatic heterocycles. The van der Waals surface area contributed by atoms with E-state index in [-0.39, 0.29) is 29.8 Å². The quantitative estimate of drug-likeness (QED) is 0.379. The molecular weight excluding hydrogens is 480 g/mol. The monoisotopic (exact) mass is 511 g/mol. The molecule has 1 aliphatic rings. The van der Waals surface area contributed by atoms with Crippen LogP contribution in [0.4, 0.5) is 10.1 Å². The second-order valence-electron chi connectivity index (χ2n) is 7.41. The Morgan fingerprint density at radius 1 is 1.03 bits per heavy atom. The number of nitrogens with zero attached hydrogens (tertiary/aromatic N) is 4. The topological polar surface area (TPSA) is 34.1 Å². The highest BCUT2D eigenvalue weighted by molar-refractivity contribution is 14.0. The Kier molecular flexibility index (Phi) is 9.16. The van der Waals surface area contributed by atoms with Crippen molar-refractivity contribution in [2.45, 2.75) is 13.1 Å². The molecule has 7 heteroatoms. The van der Waals surface area contributed by atoms with E-state index in [4.69, 9.17) is 0 Å². The predicted octanol–water partition coefficient (Wildman–Crippen LogP) is 3.40. The lowest BCUT2D eigenvalue weighted by molar-refractivity contribution is 0.372. The van der Waals surface area contributed by atoms with Crippen LogP contribution in [0.5, 0.6) is 0 Å². The van der Waals surface area contributed by atoms with Crippen LogP contribution in [-0.4, -0.2) is 63.1 Å². The van der Waals surface area contributed by atoms with Crippen LogP contribution in [0, 0.1) is 5.82 Å². The van der Waals surface area contributed by atoms with E-state index in [9.17, 15) is 4.39 Å². The highest BCUT2D eigenvalue weighted by atomic mass is 127. The molecule has 2 aromatic rings. The number of hydrogen-bond acceptors (Lipinski definition) is 3. The van der Waals surface area contributed by atoms with Gasteiger partial charge in [-0.15, -0.1) is 24.0 Å². The molecule has 1 aliphatic heterocycles. The van der Waals surface area contributed by atoms with Crippen molar-refractivity contribution in [1.82, 2.24) is 15.1 Å². The maximum Gasteiger partial charge on any atom is 0.194 e. The Labute approximate surface area is 190 Å². The minimum Gasteiger partial charge on any atom is -0.368 e. The number of halogens is 2. The Bertz CT molecular complexity index is 786. The van der Waals surface area contributed by atoms with Crippen molar-refractivity contribution in [2.24, 2.45) is 4.99 Å². The summed E-state index contributed by atoms with van der Waals surface area (Å²) in [6, 6.07) is 15.4. The Balaban J connectivity index is 0.00000300. The minimum atomic E-state index is -0.193. The van der Waals surface area contributed by atoms with Gasteiger partial charge >= 0.3 is 0 Å². The fourth-order valence-electron chi connectivity index (χ4n) is 3.54. The van der Waals surface area contributed by atoms with Crippen molar-refractivity contribution in [3.05, 3.63) is 65.5 Å². The molecule has 0 unspecified atom stereocenters. The molecule has 0 radical (unpaired) electrons. The molecule has 5 nitrogen and oxygen atoms in total. The van der Waals surface area contributed by atoms with E-state index < -0.39 is 0 Å². The fourth-order valence-corrected chi connectivity index (χ4v) is 3.54. The molecule has 1 fully saturated rings. The molecule has 0 atom stereocenters. The summed E-state index contributed by atoms with van der Waals surface area (Å²) in [6.07, 6.45) is 0. The van der Waals surface area contributed by atoms with E-state index in [1.807, 2.05) is 19.2 Å². The van der Waals surface area contributed by atoms with Gasteiger partial charge in [0.25, 0.3) is 0 Å². The van der Waals surface area contributed by atoms with Crippen molar-refractivity contribution >= 4 is 35.6 Å². The summed E-state index contributed by atoms with van der Waals surface area (Å²) in [4.78, 5) is 11.2. The van der Waals surface area contributed by atoms with E-state index in [1.165, 1.54) is 23.3 Å². The van der Waals surface area contributed by atoms with Gasteiger partial charge in [0.05, 0.1) is 0 Å². The first-order valence-corrected chi connectivity index (χ1v) is 9.74. The SMILES string of the molecule is CN=C(NCc1cccc(CN(C)C)c1)N1CCN(c2ccc(F)cc2)CC1.I. The first-order chi connectivity index (χ1) is 13.5. The first-order valence-electron chi connectivity index (χ1n) is 9.74. The third kappa shape index (κ3) is 6.85. The number of aliphatic imine (C=N–C) groups is 1. The molecule has 29 heavy (non-hydrogen) atoms. The van der Waals surface area contributed by atoms with E-state index >= 15 is 0 Å². The van der Waals surface area contributed by atoms with E-state index in [1.54, 1.807) is 0 Å². The number of rotatable bonds is 5. The van der Waals surface area contributed by atoms with Crippen LogP contribution in [0.15, 0.2) is 53.5 Å². The van der Waals surface area contributed by atoms with Gasteiger partial charge in [0.15, 0.2) is 5.96 Å². The van der Waals surface area contributed by atoms with Crippen molar-refractivity contribution < 1.29 is 4.39 Å².